The van der Waals surface area contributed by atoms with Crippen molar-refractivity contribution in [2.75, 3.05) is 5.43 Å². The molecule has 8 nitrogen and oxygen atoms in total. The molecule has 0 radical (unpaired) electrons. The summed E-state index contributed by atoms with van der Waals surface area (Å²) in [6, 6.07) is 3.42. The molecule has 9 heteroatoms. The second kappa shape index (κ2) is 9.33. The SMILES string of the molecule is CCCCCCC/C(C)=N/Nc1ccc(S(N)(=O)=O)cc1[N+](=O)[O-]. The zero-order chi connectivity index (χ0) is 18.2. The van der Waals surface area contributed by atoms with Crippen molar-refractivity contribution in [1.29, 1.82) is 0 Å². The van der Waals surface area contributed by atoms with E-state index in [0.29, 0.717) is 0 Å². The lowest BCUT2D eigenvalue weighted by Gasteiger charge is -2.06. The van der Waals surface area contributed by atoms with Crippen molar-refractivity contribution < 1.29 is 13.3 Å². The van der Waals surface area contributed by atoms with E-state index < -0.39 is 14.9 Å². The molecule has 0 amide bonds. The summed E-state index contributed by atoms with van der Waals surface area (Å²) in [5.41, 5.74) is 3.20. The third-order valence-electron chi connectivity index (χ3n) is 3.50. The van der Waals surface area contributed by atoms with Crippen LogP contribution in [0.15, 0.2) is 28.2 Å². The molecule has 24 heavy (non-hydrogen) atoms. The Balaban J connectivity index is 2.76. The Kier molecular flexibility index (Phi) is 7.80. The van der Waals surface area contributed by atoms with Crippen molar-refractivity contribution in [1.82, 2.24) is 0 Å². The van der Waals surface area contributed by atoms with Gasteiger partial charge >= 0.3 is 0 Å². The Bertz CT molecular complexity index is 701. The lowest BCUT2D eigenvalue weighted by atomic mass is 10.1. The summed E-state index contributed by atoms with van der Waals surface area (Å²) >= 11 is 0. The number of rotatable bonds is 10. The van der Waals surface area contributed by atoms with Gasteiger partial charge in [-0.15, -0.1) is 0 Å². The molecule has 1 rings (SSSR count). The quantitative estimate of drug-likeness (QED) is 0.287. The van der Waals surface area contributed by atoms with E-state index in [1.54, 1.807) is 0 Å². The van der Waals surface area contributed by atoms with Gasteiger partial charge in [0, 0.05) is 11.8 Å². The van der Waals surface area contributed by atoms with Gasteiger partial charge in [-0.2, -0.15) is 5.10 Å². The van der Waals surface area contributed by atoms with Gasteiger partial charge in [-0.3, -0.25) is 15.5 Å². The molecule has 0 aliphatic rings. The van der Waals surface area contributed by atoms with Crippen LogP contribution in [0.4, 0.5) is 11.4 Å². The first-order valence-corrected chi connectivity index (χ1v) is 9.40. The largest absolute Gasteiger partial charge is 0.295 e. The summed E-state index contributed by atoms with van der Waals surface area (Å²) in [5, 5.41) is 20.2. The monoisotopic (exact) mass is 356 g/mol. The van der Waals surface area contributed by atoms with Crippen molar-refractivity contribution in [2.24, 2.45) is 10.2 Å². The molecular weight excluding hydrogens is 332 g/mol. The summed E-state index contributed by atoms with van der Waals surface area (Å²) in [4.78, 5) is 10.1. The number of hydrazone groups is 1. The molecule has 3 N–H and O–H groups in total. The highest BCUT2D eigenvalue weighted by molar-refractivity contribution is 7.89. The molecule has 0 saturated heterocycles. The van der Waals surface area contributed by atoms with Gasteiger partial charge in [0.1, 0.15) is 5.69 Å². The van der Waals surface area contributed by atoms with E-state index >= 15 is 0 Å². The van der Waals surface area contributed by atoms with Gasteiger partial charge in [0.15, 0.2) is 0 Å². The highest BCUT2D eigenvalue weighted by Gasteiger charge is 2.18. The number of sulfonamides is 1. The summed E-state index contributed by atoms with van der Waals surface area (Å²) in [7, 11) is -3.99. The van der Waals surface area contributed by atoms with Crippen LogP contribution >= 0.6 is 0 Å². The van der Waals surface area contributed by atoms with Gasteiger partial charge in [0.2, 0.25) is 10.0 Å². The topological polar surface area (TPSA) is 128 Å². The molecule has 0 saturated carbocycles. The number of nitrogens with one attached hydrogen (secondary N) is 1. The number of nitro benzene ring substituents is 1. The number of hydrogen-bond acceptors (Lipinski definition) is 6. The molecule has 134 valence electrons. The van der Waals surface area contributed by atoms with Crippen molar-refractivity contribution >= 4 is 27.1 Å². The first kappa shape index (κ1) is 20.0. The van der Waals surface area contributed by atoms with Crippen LogP contribution in [0.2, 0.25) is 0 Å². The van der Waals surface area contributed by atoms with E-state index in [4.69, 9.17) is 5.14 Å². The number of hydrogen-bond donors (Lipinski definition) is 2. The second-order valence-electron chi connectivity index (χ2n) is 5.60. The third-order valence-corrected chi connectivity index (χ3v) is 4.41. The summed E-state index contributed by atoms with van der Waals surface area (Å²) in [5.74, 6) is 0. The fourth-order valence-electron chi connectivity index (χ4n) is 2.13. The standard InChI is InChI=1S/C15H24N4O4S/c1-3-4-5-6-7-8-12(2)17-18-14-10-9-13(24(16,22)23)11-15(14)19(20)21/h9-11,18H,3-8H2,1-2H3,(H2,16,22,23)/b17-12+. The Hall–Kier alpha value is -2.00. The third kappa shape index (κ3) is 6.63. The van der Waals surface area contributed by atoms with Crippen molar-refractivity contribution in [3.05, 3.63) is 28.3 Å². The highest BCUT2D eigenvalue weighted by Crippen LogP contribution is 2.27. The Morgan fingerprint density at radius 2 is 1.96 bits per heavy atom. The van der Waals surface area contributed by atoms with Crippen LogP contribution in [-0.2, 0) is 10.0 Å². The lowest BCUT2D eigenvalue weighted by Crippen LogP contribution is -2.12. The van der Waals surface area contributed by atoms with Gasteiger partial charge < -0.3 is 0 Å². The first-order valence-electron chi connectivity index (χ1n) is 7.86. The summed E-state index contributed by atoms with van der Waals surface area (Å²) in [6.45, 7) is 4.00. The van der Waals surface area contributed by atoms with Gasteiger partial charge in [-0.1, -0.05) is 32.6 Å². The zero-order valence-electron chi connectivity index (χ0n) is 14.0. The fourth-order valence-corrected chi connectivity index (χ4v) is 2.66. The summed E-state index contributed by atoms with van der Waals surface area (Å²) < 4.78 is 22.6. The number of benzene rings is 1. The molecular formula is C15H24N4O4S. The van der Waals surface area contributed by atoms with Gasteiger partial charge in [0.25, 0.3) is 5.69 Å². The molecule has 0 bridgehead atoms. The van der Waals surface area contributed by atoms with Crippen molar-refractivity contribution in [3.63, 3.8) is 0 Å². The van der Waals surface area contributed by atoms with E-state index in [1.165, 1.54) is 31.4 Å². The number of anilines is 1. The van der Waals surface area contributed by atoms with Crippen LogP contribution in [0, 0.1) is 10.1 Å². The minimum Gasteiger partial charge on any atom is -0.272 e. The minimum absolute atomic E-state index is 0.123. The number of nitrogens with two attached hydrogens (primary N) is 1. The Labute approximate surface area is 142 Å². The maximum absolute atomic E-state index is 11.3. The lowest BCUT2D eigenvalue weighted by molar-refractivity contribution is -0.384. The molecule has 0 spiro atoms. The average molecular weight is 356 g/mol. The van der Waals surface area contributed by atoms with Crippen LogP contribution in [-0.4, -0.2) is 19.1 Å². The smallest absolute Gasteiger partial charge is 0.272 e. The van der Waals surface area contributed by atoms with E-state index in [0.717, 1.165) is 31.0 Å². The molecule has 0 heterocycles. The fraction of sp³-hybridized carbons (Fsp3) is 0.533. The van der Waals surface area contributed by atoms with Crippen LogP contribution in [0.5, 0.6) is 0 Å². The number of primary sulfonamides is 1. The van der Waals surface area contributed by atoms with E-state index in [1.807, 2.05) is 6.92 Å². The minimum atomic E-state index is -3.99. The summed E-state index contributed by atoms with van der Waals surface area (Å²) in [6.07, 6.45) is 6.55. The molecule has 0 aromatic heterocycles. The molecule has 1 aromatic rings. The van der Waals surface area contributed by atoms with Gasteiger partial charge in [0.05, 0.1) is 9.82 Å². The van der Waals surface area contributed by atoms with Crippen LogP contribution < -0.4 is 10.6 Å². The van der Waals surface area contributed by atoms with Gasteiger partial charge in [-0.05, 0) is 31.9 Å². The second-order valence-corrected chi connectivity index (χ2v) is 7.17. The van der Waals surface area contributed by atoms with Crippen molar-refractivity contribution in [3.8, 4) is 0 Å². The van der Waals surface area contributed by atoms with E-state index in [-0.39, 0.29) is 16.3 Å². The number of nitro groups is 1. The molecule has 0 fully saturated rings. The maximum atomic E-state index is 11.3. The first-order chi connectivity index (χ1) is 11.3. The predicted octanol–water partition coefficient (Wildman–Crippen LogP) is 3.39. The molecule has 1 aromatic carbocycles. The normalized spacial score (nSPS) is 12.2. The maximum Gasteiger partial charge on any atom is 0.295 e. The highest BCUT2D eigenvalue weighted by atomic mass is 32.2. The predicted molar refractivity (Wildman–Crippen MR) is 94.6 cm³/mol. The molecule has 0 atom stereocenters. The molecule has 0 aliphatic carbocycles. The Morgan fingerprint density at radius 3 is 2.54 bits per heavy atom. The van der Waals surface area contributed by atoms with Crippen LogP contribution in [0.1, 0.15) is 52.4 Å². The zero-order valence-corrected chi connectivity index (χ0v) is 14.8. The molecule has 0 unspecified atom stereocenters. The number of nitrogens with zero attached hydrogens (tertiary/aromatic N) is 2. The van der Waals surface area contributed by atoms with E-state index in [9.17, 15) is 18.5 Å². The van der Waals surface area contributed by atoms with Crippen molar-refractivity contribution in [2.45, 2.75) is 57.3 Å². The Morgan fingerprint density at radius 1 is 1.29 bits per heavy atom. The average Bonchev–Trinajstić information content (AvgIpc) is 2.51. The van der Waals surface area contributed by atoms with Crippen LogP contribution in [0.3, 0.4) is 0 Å². The van der Waals surface area contributed by atoms with Gasteiger partial charge in [-0.25, -0.2) is 13.6 Å². The van der Waals surface area contributed by atoms with Crippen LogP contribution in [0.25, 0.3) is 0 Å². The molecule has 0 aliphatic heterocycles. The number of unbranched alkanes of at least 4 members (excludes halogenated alkanes) is 4. The van der Waals surface area contributed by atoms with E-state index in [2.05, 4.69) is 17.5 Å².